The van der Waals surface area contributed by atoms with Gasteiger partial charge in [-0.25, -0.2) is 17.6 Å². The molecule has 0 fully saturated rings. The molecule has 1 amide bonds. The molecule has 5 N–H and O–H groups in total. The molecule has 308 valence electrons. The minimum Gasteiger partial charge on any atom is -0.455 e. The van der Waals surface area contributed by atoms with Crippen molar-refractivity contribution < 1.29 is 68.4 Å². The summed E-state index contributed by atoms with van der Waals surface area (Å²) in [4.78, 5) is 20.0. The normalized spacial score (nSPS) is 12.5. The second kappa shape index (κ2) is 18.9. The van der Waals surface area contributed by atoms with Crippen LogP contribution in [0.25, 0.3) is 21.8 Å². The van der Waals surface area contributed by atoms with Crippen LogP contribution in [0.3, 0.4) is 0 Å². The molecule has 0 aliphatic carbocycles. The lowest BCUT2D eigenvalue weighted by atomic mass is 10.1. The van der Waals surface area contributed by atoms with Gasteiger partial charge >= 0.3 is 12.4 Å². The first-order chi connectivity index (χ1) is 27.2. The summed E-state index contributed by atoms with van der Waals surface area (Å²) in [5.41, 5.74) is 3.19. The first-order valence-electron chi connectivity index (χ1n) is 16.7. The summed E-state index contributed by atoms with van der Waals surface area (Å²) >= 11 is 0. The third kappa shape index (κ3) is 11.5. The first-order valence-corrected chi connectivity index (χ1v) is 16.7. The third-order valence-electron chi connectivity index (χ3n) is 7.59. The maximum Gasteiger partial charge on any atom is 0.416 e. The van der Waals surface area contributed by atoms with Gasteiger partial charge in [-0.1, -0.05) is 0 Å². The Bertz CT molecular complexity index is 2340. The molecular weight excluding hydrogens is 794 g/mol. The molecule has 0 unspecified atom stereocenters. The highest BCUT2D eigenvalue weighted by atomic mass is 19.4. The first kappa shape index (κ1) is 44.7. The smallest absolute Gasteiger partial charge is 0.416 e. The molecule has 6 rings (SSSR count). The predicted molar refractivity (Wildman–Crippen MR) is 191 cm³/mol. The van der Waals surface area contributed by atoms with Crippen LogP contribution in [0.2, 0.25) is 0 Å². The quantitative estimate of drug-likeness (QED) is 0.112. The van der Waals surface area contributed by atoms with E-state index in [-0.39, 0.29) is 69.6 Å². The van der Waals surface area contributed by atoms with Crippen molar-refractivity contribution in [2.75, 3.05) is 13.2 Å². The number of carbonyl (C=O) groups excluding carboxylic acids is 1. The molecule has 6 aromatic rings. The molecule has 0 spiro atoms. The summed E-state index contributed by atoms with van der Waals surface area (Å²) in [7, 11) is 0. The summed E-state index contributed by atoms with van der Waals surface area (Å²) in [5.74, 6) is -5.71. The number of aliphatic hydroxyl groups is 2. The van der Waals surface area contributed by atoms with E-state index in [9.17, 15) is 48.7 Å². The number of alkyl halides is 6. The Hall–Kier alpha value is -6.05. The van der Waals surface area contributed by atoms with Gasteiger partial charge in [-0.2, -0.15) is 26.3 Å². The van der Waals surface area contributed by atoms with E-state index in [1.807, 2.05) is 0 Å². The number of rotatable bonds is 8. The summed E-state index contributed by atoms with van der Waals surface area (Å²) in [6.07, 6.45) is -6.51. The number of nitrogens with one attached hydrogen (secondary N) is 1. The van der Waals surface area contributed by atoms with Gasteiger partial charge < -0.3 is 30.7 Å². The van der Waals surface area contributed by atoms with Gasteiger partial charge in [0.15, 0.2) is 34.8 Å². The zero-order valence-electron chi connectivity index (χ0n) is 30.1. The van der Waals surface area contributed by atoms with E-state index in [0.29, 0.717) is 0 Å². The summed E-state index contributed by atoms with van der Waals surface area (Å²) in [5, 5.41) is 19.0. The number of fused-ring (bicyclic) bond motifs is 2. The number of nitrogens with zero attached hydrogens (tertiary/aromatic N) is 2. The van der Waals surface area contributed by atoms with Gasteiger partial charge in [0.05, 0.1) is 29.9 Å². The second-order valence-electron chi connectivity index (χ2n) is 12.3. The third-order valence-corrected chi connectivity index (χ3v) is 7.59. The molecule has 0 aliphatic rings. The van der Waals surface area contributed by atoms with Gasteiger partial charge in [0.2, 0.25) is 0 Å². The maximum absolute atomic E-state index is 14.3. The summed E-state index contributed by atoms with van der Waals surface area (Å²) in [6, 6.07) is 12.3. The molecule has 0 radical (unpaired) electrons. The minimum atomic E-state index is -4.53. The van der Waals surface area contributed by atoms with E-state index in [1.54, 1.807) is 13.8 Å². The van der Waals surface area contributed by atoms with Gasteiger partial charge in [0.25, 0.3) is 5.91 Å². The molecule has 2 atom stereocenters. The Balaban J connectivity index is 0.000000236. The SMILES string of the molecule is C[C@@H](N)CO.C[C@H](CO)NC(=O)c1cnc2c(Oc3ccc(C(F)(F)F)cc3)cc(F)c(F)c2c1.Fc1cc(Oc2ccc(C(F)(F)F)cc2)c2ncccc2c1F. The van der Waals surface area contributed by atoms with E-state index in [1.165, 1.54) is 18.3 Å². The Labute approximate surface area is 322 Å². The van der Waals surface area contributed by atoms with Crippen molar-refractivity contribution in [2.24, 2.45) is 5.73 Å². The fourth-order valence-corrected chi connectivity index (χ4v) is 4.67. The van der Waals surface area contributed by atoms with Gasteiger partial charge in [-0.3, -0.25) is 14.8 Å². The van der Waals surface area contributed by atoms with Crippen molar-refractivity contribution in [3.05, 3.63) is 131 Å². The van der Waals surface area contributed by atoms with Crippen molar-refractivity contribution in [2.45, 2.75) is 38.3 Å². The number of nitrogens with two attached hydrogens (primary N) is 1. The van der Waals surface area contributed by atoms with Crippen molar-refractivity contribution >= 4 is 27.7 Å². The number of pyridine rings is 2. The largest absolute Gasteiger partial charge is 0.455 e. The van der Waals surface area contributed by atoms with Crippen LogP contribution < -0.4 is 20.5 Å². The highest BCUT2D eigenvalue weighted by Crippen LogP contribution is 2.36. The Morgan fingerprint density at radius 2 is 1.16 bits per heavy atom. The predicted octanol–water partition coefficient (Wildman–Crippen LogP) is 9.08. The number of ether oxygens (including phenoxy) is 2. The number of hydrogen-bond donors (Lipinski definition) is 4. The van der Waals surface area contributed by atoms with Gasteiger partial charge in [-0.05, 0) is 80.6 Å². The van der Waals surface area contributed by atoms with Crippen molar-refractivity contribution in [1.82, 2.24) is 15.3 Å². The molecular formula is C39H32F10N4O5. The van der Waals surface area contributed by atoms with Crippen LogP contribution in [0.4, 0.5) is 43.9 Å². The Morgan fingerprint density at radius 3 is 1.59 bits per heavy atom. The van der Waals surface area contributed by atoms with Gasteiger partial charge in [-0.15, -0.1) is 0 Å². The van der Waals surface area contributed by atoms with E-state index >= 15 is 0 Å². The number of hydrogen-bond acceptors (Lipinski definition) is 8. The molecule has 0 saturated heterocycles. The second-order valence-corrected chi connectivity index (χ2v) is 12.3. The monoisotopic (exact) mass is 826 g/mol. The van der Waals surface area contributed by atoms with Crippen molar-refractivity contribution in [3.8, 4) is 23.0 Å². The van der Waals surface area contributed by atoms with E-state index in [4.69, 9.17) is 25.4 Å². The van der Waals surface area contributed by atoms with Crippen LogP contribution in [-0.2, 0) is 12.4 Å². The fourth-order valence-electron chi connectivity index (χ4n) is 4.67. The highest BCUT2D eigenvalue weighted by molar-refractivity contribution is 5.98. The van der Waals surface area contributed by atoms with Crippen LogP contribution in [0, 0.1) is 23.3 Å². The highest BCUT2D eigenvalue weighted by Gasteiger charge is 2.31. The molecule has 19 heteroatoms. The molecule has 9 nitrogen and oxygen atoms in total. The zero-order valence-corrected chi connectivity index (χ0v) is 30.1. The van der Waals surface area contributed by atoms with Crippen molar-refractivity contribution in [1.29, 1.82) is 0 Å². The van der Waals surface area contributed by atoms with Crippen LogP contribution >= 0.6 is 0 Å². The van der Waals surface area contributed by atoms with E-state index < -0.39 is 58.7 Å². The summed E-state index contributed by atoms with van der Waals surface area (Å²) in [6.45, 7) is 3.06. The molecule has 0 saturated carbocycles. The minimum absolute atomic E-state index is 0.0456. The average Bonchev–Trinajstić information content (AvgIpc) is 3.18. The molecule has 2 heterocycles. The number of benzene rings is 4. The van der Waals surface area contributed by atoms with Crippen LogP contribution in [0.5, 0.6) is 23.0 Å². The molecule has 0 bridgehead atoms. The average molecular weight is 827 g/mol. The lowest BCUT2D eigenvalue weighted by Gasteiger charge is -2.13. The molecule has 0 aliphatic heterocycles. The maximum atomic E-state index is 14.3. The topological polar surface area (TPSA) is 140 Å². The molecule has 58 heavy (non-hydrogen) atoms. The zero-order chi connectivity index (χ0) is 42.9. The number of halogens is 10. The molecule has 4 aromatic carbocycles. The van der Waals surface area contributed by atoms with E-state index in [0.717, 1.165) is 72.9 Å². The lowest BCUT2D eigenvalue weighted by molar-refractivity contribution is -0.138. The van der Waals surface area contributed by atoms with Crippen LogP contribution in [-0.4, -0.2) is 51.4 Å². The van der Waals surface area contributed by atoms with Crippen molar-refractivity contribution in [3.63, 3.8) is 0 Å². The Morgan fingerprint density at radius 1 is 0.707 bits per heavy atom. The van der Waals surface area contributed by atoms with Crippen LogP contribution in [0.1, 0.15) is 35.3 Å². The fraction of sp³-hybridized carbons (Fsp3) is 0.205. The van der Waals surface area contributed by atoms with Gasteiger partial charge in [0, 0.05) is 47.4 Å². The molecule has 2 aromatic heterocycles. The number of carbonyl (C=O) groups is 1. The van der Waals surface area contributed by atoms with Gasteiger partial charge in [0.1, 0.15) is 22.5 Å². The lowest BCUT2D eigenvalue weighted by Crippen LogP contribution is -2.35. The standard InChI is InChI=1S/C20H15F5N2O3.C16H8F5NO.C3H9NO/c1-10(9-28)27-19(29)11-6-14-17(22)15(21)7-16(18(14)26-8-11)30-13-4-2-12(3-5-13)20(23,24)25;17-12-8-13(15-11(14(12)18)2-1-7-22-15)23-10-5-3-9(4-6-10)16(19,20)21;1-3(4)2-5/h2-8,10,28H,9H2,1H3,(H,27,29);1-8H;3,5H,2,4H2,1H3/t10-;;3-/m1.1/s1. The number of aliphatic hydroxyl groups excluding tert-OH is 2. The number of amides is 1. The van der Waals surface area contributed by atoms with Crippen LogP contribution in [0.15, 0.2) is 91.3 Å². The van der Waals surface area contributed by atoms with E-state index in [2.05, 4.69) is 15.3 Å². The Kier molecular flexibility index (Phi) is 14.6. The number of aromatic nitrogens is 2. The summed E-state index contributed by atoms with van der Waals surface area (Å²) < 4.78 is 142.